The lowest BCUT2D eigenvalue weighted by atomic mass is 9.68. The van der Waals surface area contributed by atoms with Crippen LogP contribution < -0.4 is 4.74 Å². The minimum absolute atomic E-state index is 0.0834. The molecule has 0 spiro atoms. The lowest BCUT2D eigenvalue weighted by Crippen LogP contribution is -2.49. The third-order valence-electron chi connectivity index (χ3n) is 7.97. The summed E-state index contributed by atoms with van der Waals surface area (Å²) in [5.41, 5.74) is 7.17. The summed E-state index contributed by atoms with van der Waals surface area (Å²) < 4.78 is 6.84. The molecule has 1 nitrogen and oxygen atoms in total. The quantitative estimate of drug-likeness (QED) is 0.511. The lowest BCUT2D eigenvalue weighted by Gasteiger charge is -2.48. The smallest absolute Gasteiger partial charge is 0.126 e. The van der Waals surface area contributed by atoms with Gasteiger partial charge in [0, 0.05) is 5.41 Å². The fraction of sp³-hybridized carbons (Fsp3) is 0.760. The minimum atomic E-state index is -0.0834. The van der Waals surface area contributed by atoms with Crippen molar-refractivity contribution in [3.05, 3.63) is 27.8 Å². The molecule has 0 amide bonds. The van der Waals surface area contributed by atoms with Crippen LogP contribution in [0.3, 0.4) is 0 Å². The molecule has 1 aliphatic rings. The van der Waals surface area contributed by atoms with Gasteiger partial charge in [0.1, 0.15) is 11.4 Å². The highest BCUT2D eigenvalue weighted by Crippen LogP contribution is 2.48. The molecule has 0 saturated heterocycles. The first-order chi connectivity index (χ1) is 11.9. The van der Waals surface area contributed by atoms with Crippen LogP contribution in [0.4, 0.5) is 0 Å². The summed E-state index contributed by atoms with van der Waals surface area (Å²) in [5, 5.41) is 0. The molecule has 0 N–H and O–H groups in total. The van der Waals surface area contributed by atoms with E-state index in [4.69, 9.17) is 4.74 Å². The van der Waals surface area contributed by atoms with Crippen molar-refractivity contribution in [2.45, 2.75) is 107 Å². The van der Waals surface area contributed by atoms with Crippen molar-refractivity contribution in [1.82, 2.24) is 0 Å². The predicted octanol–water partition coefficient (Wildman–Crippen LogP) is 7.49. The van der Waals surface area contributed by atoms with Gasteiger partial charge in [0.05, 0.1) is 0 Å². The zero-order chi connectivity index (χ0) is 19.9. The average molecular weight is 359 g/mol. The van der Waals surface area contributed by atoms with Crippen molar-refractivity contribution >= 4 is 0 Å². The van der Waals surface area contributed by atoms with Crippen molar-refractivity contribution in [3.63, 3.8) is 0 Å². The molecule has 1 heteroatoms. The second kappa shape index (κ2) is 7.56. The van der Waals surface area contributed by atoms with Gasteiger partial charge in [-0.05, 0) is 93.5 Å². The Labute approximate surface area is 162 Å². The molecule has 2 unspecified atom stereocenters. The van der Waals surface area contributed by atoms with Crippen LogP contribution in [-0.4, -0.2) is 5.60 Å². The molecule has 148 valence electrons. The molecule has 0 radical (unpaired) electrons. The second-order valence-corrected chi connectivity index (χ2v) is 10.1. The molecule has 0 fully saturated rings. The molecular formula is C25H42O. The van der Waals surface area contributed by atoms with E-state index in [0.29, 0.717) is 0 Å². The number of fused-ring (bicyclic) bond motifs is 1. The maximum Gasteiger partial charge on any atom is 0.126 e. The largest absolute Gasteiger partial charge is 0.486 e. The summed E-state index contributed by atoms with van der Waals surface area (Å²) in [5.74, 6) is 2.77. The zero-order valence-corrected chi connectivity index (χ0v) is 19.1. The molecule has 1 aliphatic heterocycles. The summed E-state index contributed by atoms with van der Waals surface area (Å²) in [6.45, 7) is 23.3. The van der Waals surface area contributed by atoms with Crippen LogP contribution in [0.1, 0.15) is 95.0 Å². The zero-order valence-electron chi connectivity index (χ0n) is 19.1. The first-order valence-electron chi connectivity index (χ1n) is 10.7. The van der Waals surface area contributed by atoms with E-state index in [1.165, 1.54) is 52.8 Å². The van der Waals surface area contributed by atoms with Crippen LogP contribution in [0.25, 0.3) is 0 Å². The van der Waals surface area contributed by atoms with E-state index < -0.39 is 0 Å². The van der Waals surface area contributed by atoms with E-state index in [1.54, 1.807) is 0 Å². The Balaban J connectivity index is 2.21. The van der Waals surface area contributed by atoms with Crippen LogP contribution in [-0.2, 0) is 6.42 Å². The van der Waals surface area contributed by atoms with Gasteiger partial charge in [-0.3, -0.25) is 0 Å². The maximum atomic E-state index is 6.84. The van der Waals surface area contributed by atoms with Gasteiger partial charge < -0.3 is 4.74 Å². The van der Waals surface area contributed by atoms with E-state index >= 15 is 0 Å². The highest BCUT2D eigenvalue weighted by Gasteiger charge is 2.45. The highest BCUT2D eigenvalue weighted by molar-refractivity contribution is 5.55. The Bertz CT molecular complexity index is 653. The fourth-order valence-corrected chi connectivity index (χ4v) is 4.38. The van der Waals surface area contributed by atoms with E-state index in [9.17, 15) is 0 Å². The molecule has 2 rings (SSSR count). The number of ether oxygens (including phenoxy) is 1. The topological polar surface area (TPSA) is 9.23 Å². The van der Waals surface area contributed by atoms with Crippen molar-refractivity contribution in [2.75, 3.05) is 0 Å². The highest BCUT2D eigenvalue weighted by atomic mass is 16.5. The normalized spacial score (nSPS) is 21.5. The Morgan fingerprint density at radius 3 is 2.12 bits per heavy atom. The van der Waals surface area contributed by atoms with Gasteiger partial charge in [0.15, 0.2) is 0 Å². The number of hydrogen-bond acceptors (Lipinski definition) is 1. The first-order valence-corrected chi connectivity index (χ1v) is 10.7. The monoisotopic (exact) mass is 358 g/mol. The molecule has 2 atom stereocenters. The summed E-state index contributed by atoms with van der Waals surface area (Å²) in [7, 11) is 0. The van der Waals surface area contributed by atoms with Crippen molar-refractivity contribution < 1.29 is 4.74 Å². The Hall–Kier alpha value is -0.980. The van der Waals surface area contributed by atoms with Gasteiger partial charge in [-0.15, -0.1) is 0 Å². The third-order valence-corrected chi connectivity index (χ3v) is 7.97. The van der Waals surface area contributed by atoms with Gasteiger partial charge in [0.25, 0.3) is 0 Å². The molecule has 0 aromatic heterocycles. The fourth-order valence-electron chi connectivity index (χ4n) is 4.38. The summed E-state index contributed by atoms with van der Waals surface area (Å²) in [6, 6.07) is 0. The Morgan fingerprint density at radius 1 is 0.962 bits per heavy atom. The van der Waals surface area contributed by atoms with Gasteiger partial charge in [-0.1, -0.05) is 47.5 Å². The maximum absolute atomic E-state index is 6.84. The van der Waals surface area contributed by atoms with Crippen molar-refractivity contribution in [3.8, 4) is 5.75 Å². The van der Waals surface area contributed by atoms with E-state index in [1.807, 2.05) is 0 Å². The molecule has 0 aliphatic carbocycles. The average Bonchev–Trinajstić information content (AvgIpc) is 2.57. The third kappa shape index (κ3) is 3.82. The van der Waals surface area contributed by atoms with Crippen LogP contribution >= 0.6 is 0 Å². The van der Waals surface area contributed by atoms with E-state index in [2.05, 4.69) is 69.2 Å². The van der Waals surface area contributed by atoms with Crippen LogP contribution in [0.5, 0.6) is 5.75 Å². The Morgan fingerprint density at radius 2 is 1.54 bits per heavy atom. The Kier molecular flexibility index (Phi) is 6.20. The predicted molar refractivity (Wildman–Crippen MR) is 114 cm³/mol. The van der Waals surface area contributed by atoms with Gasteiger partial charge in [-0.25, -0.2) is 0 Å². The van der Waals surface area contributed by atoms with Crippen LogP contribution in [0.15, 0.2) is 0 Å². The summed E-state index contributed by atoms with van der Waals surface area (Å²) in [6.07, 6.45) is 6.12. The minimum Gasteiger partial charge on any atom is -0.486 e. The second-order valence-electron chi connectivity index (χ2n) is 10.1. The van der Waals surface area contributed by atoms with Crippen molar-refractivity contribution in [2.24, 2.45) is 17.3 Å². The van der Waals surface area contributed by atoms with Gasteiger partial charge in [-0.2, -0.15) is 0 Å². The van der Waals surface area contributed by atoms with Crippen LogP contribution in [0.2, 0.25) is 0 Å². The number of rotatable bonds is 6. The molecule has 0 bridgehead atoms. The number of benzene rings is 1. The van der Waals surface area contributed by atoms with Crippen LogP contribution in [0, 0.1) is 44.9 Å². The molecule has 1 heterocycles. The van der Waals surface area contributed by atoms with Crippen molar-refractivity contribution in [1.29, 1.82) is 0 Å². The van der Waals surface area contributed by atoms with E-state index in [0.717, 1.165) is 24.7 Å². The standard InChI is InChI=1S/C25H42O/c1-16(2)17(3)12-11-14-24(8,9)25(10)15-13-22-20(6)18(4)19(5)21(7)23(22)26-25/h16-17H,11-15H2,1-10H3. The van der Waals surface area contributed by atoms with E-state index in [-0.39, 0.29) is 11.0 Å². The molecule has 1 aromatic rings. The molecule has 0 saturated carbocycles. The van der Waals surface area contributed by atoms with Gasteiger partial charge >= 0.3 is 0 Å². The summed E-state index contributed by atoms with van der Waals surface area (Å²) >= 11 is 0. The van der Waals surface area contributed by atoms with Gasteiger partial charge in [0.2, 0.25) is 0 Å². The number of hydrogen-bond donors (Lipinski definition) is 0. The molecule has 26 heavy (non-hydrogen) atoms. The summed E-state index contributed by atoms with van der Waals surface area (Å²) in [4.78, 5) is 0. The first kappa shape index (κ1) is 21.3. The SMILES string of the molecule is Cc1c(C)c(C)c2c(c1C)CCC(C)(C(C)(C)CCCC(C)C(C)C)O2. The molecule has 1 aromatic carbocycles. The molecular weight excluding hydrogens is 316 g/mol. The lowest BCUT2D eigenvalue weighted by molar-refractivity contribution is -0.0500.